The number of aliphatic hydroxyl groups excluding tert-OH is 2. The van der Waals surface area contributed by atoms with E-state index in [1.807, 2.05) is 107 Å². The van der Waals surface area contributed by atoms with E-state index in [1.54, 1.807) is 25.1 Å². The number of esters is 1. The van der Waals surface area contributed by atoms with Gasteiger partial charge in [0.25, 0.3) is 0 Å². The molecule has 4 atom stereocenters. The van der Waals surface area contributed by atoms with E-state index in [4.69, 9.17) is 53.2 Å². The zero-order chi connectivity index (χ0) is 45.5. The molecule has 336 valence electrons. The van der Waals surface area contributed by atoms with E-state index < -0.39 is 42.1 Å². The van der Waals surface area contributed by atoms with Crippen LogP contribution in [0.4, 0.5) is 0 Å². The largest absolute Gasteiger partial charge is 0.494 e. The monoisotopic (exact) mass is 960 g/mol. The number of halogens is 3. The molecule has 17 heteroatoms. The highest BCUT2D eigenvalue weighted by atomic mass is 79.9. The van der Waals surface area contributed by atoms with Crippen molar-refractivity contribution in [2.75, 3.05) is 6.61 Å². The first kappa shape index (κ1) is 53.8. The Hall–Kier alpha value is -4.32. The molecule has 0 radical (unpaired) electrons. The summed E-state index contributed by atoms with van der Waals surface area (Å²) in [5.74, 6) is -4.99. The van der Waals surface area contributed by atoms with Gasteiger partial charge in [0.05, 0.1) is 17.8 Å². The smallest absolute Gasteiger partial charge is 0.479 e. The Balaban J connectivity index is 0.000000332. The van der Waals surface area contributed by atoms with Gasteiger partial charge in [-0.05, 0) is 118 Å². The van der Waals surface area contributed by atoms with Crippen molar-refractivity contribution >= 4 is 75.5 Å². The molecule has 0 aromatic heterocycles. The lowest BCUT2D eigenvalue weighted by Crippen LogP contribution is -2.43. The van der Waals surface area contributed by atoms with E-state index in [0.29, 0.717) is 16.5 Å². The molecule has 4 aromatic carbocycles. The summed E-state index contributed by atoms with van der Waals surface area (Å²) in [5, 5.41) is 40.2. The molecule has 1 saturated heterocycles. The topological polar surface area (TPSA) is 215 Å². The number of carbonyl (C=O) groups excluding carboxylic acids is 2. The molecule has 7 N–H and O–H groups in total. The number of nitrogens with one attached hydrogen (secondary N) is 1. The Morgan fingerprint density at radius 2 is 1.31 bits per heavy atom. The van der Waals surface area contributed by atoms with Crippen molar-refractivity contribution in [3.05, 3.63) is 123 Å². The van der Waals surface area contributed by atoms with Gasteiger partial charge in [-0.15, -0.1) is 0 Å². The number of hydrogen-bond donors (Lipinski definition) is 6. The summed E-state index contributed by atoms with van der Waals surface area (Å²) in [4.78, 5) is 44.2. The fourth-order valence-corrected chi connectivity index (χ4v) is 6.51. The van der Waals surface area contributed by atoms with Gasteiger partial charge in [0.2, 0.25) is 0 Å². The Morgan fingerprint density at radius 3 is 1.82 bits per heavy atom. The summed E-state index contributed by atoms with van der Waals surface area (Å²) >= 11 is 15.3. The van der Waals surface area contributed by atoms with Crippen molar-refractivity contribution in [1.29, 1.82) is 0 Å². The molecule has 0 unspecified atom stereocenters. The third kappa shape index (κ3) is 17.5. The zero-order valence-electron chi connectivity index (χ0n) is 34.5. The van der Waals surface area contributed by atoms with Gasteiger partial charge < -0.3 is 45.5 Å². The van der Waals surface area contributed by atoms with Gasteiger partial charge in [0.1, 0.15) is 0 Å². The minimum absolute atomic E-state index is 0. The maximum atomic E-state index is 11.4. The second kappa shape index (κ2) is 25.1. The van der Waals surface area contributed by atoms with Crippen LogP contribution in [0.1, 0.15) is 66.0 Å². The van der Waals surface area contributed by atoms with Crippen molar-refractivity contribution in [3.63, 3.8) is 0 Å². The SMILES string of the molecule is C.CC1(C)OB(c2cccc(Cl)c2)OC1(C)C.CCOC(=O)[C@H](O)C[C@H](N)Cc1ccc(Br)cc1.O=C(O)C(=O)N[C@H](Cc1ccc(-c2cccc(Cl)c2)cc1)C[C@@H](O)C(=O)O. The Bertz CT molecular complexity index is 2060. The number of amides is 1. The number of rotatable bonds is 14. The van der Waals surface area contributed by atoms with E-state index >= 15 is 0 Å². The molecule has 0 aliphatic carbocycles. The van der Waals surface area contributed by atoms with Gasteiger partial charge in [-0.25, -0.2) is 14.4 Å². The molecule has 1 heterocycles. The number of carboxylic acid groups (broad SMARTS) is 2. The average Bonchev–Trinajstić information content (AvgIpc) is 3.42. The molecular formula is C45H56BBrCl2N2O11. The van der Waals surface area contributed by atoms with Crippen LogP contribution in [0.3, 0.4) is 0 Å². The molecule has 5 rings (SSSR count). The summed E-state index contributed by atoms with van der Waals surface area (Å²) in [5.41, 5.74) is 9.90. The fraction of sp³-hybridized carbons (Fsp3) is 0.378. The van der Waals surface area contributed by atoms with Gasteiger partial charge in [0.15, 0.2) is 12.2 Å². The zero-order valence-corrected chi connectivity index (χ0v) is 37.6. The number of carbonyl (C=O) groups is 4. The van der Waals surface area contributed by atoms with Gasteiger partial charge in [-0.2, -0.15) is 0 Å². The molecule has 13 nitrogen and oxygen atoms in total. The molecule has 0 saturated carbocycles. The molecular weight excluding hydrogens is 906 g/mol. The van der Waals surface area contributed by atoms with E-state index in [0.717, 1.165) is 32.2 Å². The van der Waals surface area contributed by atoms with E-state index in [-0.39, 0.29) is 57.7 Å². The summed E-state index contributed by atoms with van der Waals surface area (Å²) in [6.45, 7) is 10.1. The lowest BCUT2D eigenvalue weighted by atomic mass is 9.79. The van der Waals surface area contributed by atoms with Crippen LogP contribution >= 0.6 is 39.1 Å². The third-order valence-corrected chi connectivity index (χ3v) is 10.8. The molecule has 0 bridgehead atoms. The van der Waals surface area contributed by atoms with Gasteiger partial charge in [-0.3, -0.25) is 4.79 Å². The van der Waals surface area contributed by atoms with Crippen molar-refractivity contribution in [1.82, 2.24) is 5.32 Å². The first-order valence-electron chi connectivity index (χ1n) is 19.4. The third-order valence-electron chi connectivity index (χ3n) is 9.79. The minimum Gasteiger partial charge on any atom is -0.479 e. The summed E-state index contributed by atoms with van der Waals surface area (Å²) in [7, 11) is -0.330. The lowest BCUT2D eigenvalue weighted by molar-refractivity contribution is -0.153. The number of aliphatic carboxylic acids is 2. The number of hydrogen-bond acceptors (Lipinski definition) is 10. The first-order chi connectivity index (χ1) is 28.6. The quantitative estimate of drug-likeness (QED) is 0.0434. The number of carboxylic acids is 2. The van der Waals surface area contributed by atoms with Gasteiger partial charge in [0, 0.05) is 33.0 Å². The van der Waals surface area contributed by atoms with E-state index in [1.165, 1.54) is 0 Å². The van der Waals surface area contributed by atoms with Crippen molar-refractivity contribution in [3.8, 4) is 11.1 Å². The van der Waals surface area contributed by atoms with Crippen LogP contribution in [-0.2, 0) is 46.1 Å². The first-order valence-corrected chi connectivity index (χ1v) is 20.9. The average molecular weight is 963 g/mol. The second-order valence-corrected chi connectivity index (χ2v) is 17.0. The predicted octanol–water partition coefficient (Wildman–Crippen LogP) is 6.86. The van der Waals surface area contributed by atoms with Crippen LogP contribution in [-0.4, -0.2) is 93.5 Å². The van der Waals surface area contributed by atoms with Crippen LogP contribution in [0.25, 0.3) is 11.1 Å². The molecule has 4 aromatic rings. The van der Waals surface area contributed by atoms with Crippen LogP contribution in [0.5, 0.6) is 0 Å². The number of benzene rings is 4. The summed E-state index contributed by atoms with van der Waals surface area (Å²) in [6, 6.07) is 28.8. The number of ether oxygens (including phenoxy) is 1. The predicted molar refractivity (Wildman–Crippen MR) is 245 cm³/mol. The lowest BCUT2D eigenvalue weighted by Gasteiger charge is -2.32. The maximum absolute atomic E-state index is 11.4. The summed E-state index contributed by atoms with van der Waals surface area (Å²) < 4.78 is 17.6. The molecule has 1 aliphatic rings. The number of nitrogens with two attached hydrogens (primary N) is 1. The Labute approximate surface area is 382 Å². The second-order valence-electron chi connectivity index (χ2n) is 15.2. The van der Waals surface area contributed by atoms with Crippen LogP contribution in [0.15, 0.2) is 102 Å². The van der Waals surface area contributed by atoms with Crippen molar-refractivity contribution in [2.45, 2.75) is 103 Å². The van der Waals surface area contributed by atoms with E-state index in [9.17, 15) is 29.4 Å². The highest BCUT2D eigenvalue weighted by Gasteiger charge is 2.51. The van der Waals surface area contributed by atoms with Gasteiger partial charge >= 0.3 is 30.9 Å². The highest BCUT2D eigenvalue weighted by molar-refractivity contribution is 9.10. The minimum atomic E-state index is -1.71. The van der Waals surface area contributed by atoms with Crippen LogP contribution in [0.2, 0.25) is 10.0 Å². The summed E-state index contributed by atoms with van der Waals surface area (Å²) in [6.07, 6.45) is -2.19. The molecule has 62 heavy (non-hydrogen) atoms. The standard InChI is InChI=1S/C19H18ClNO6.C13H18BrNO3.C12H16BClO2.CH4/c20-14-3-1-2-13(9-14)12-6-4-11(5-7-12)8-15(10-16(22)18(24)25)21-17(23)19(26)27;1-2-18-13(17)12(16)8-11(15)7-9-3-5-10(14)6-4-9;1-11(2)12(3,4)16-13(15-11)9-6-5-7-10(14)8-9;/h1-7,9,15-16,22H,8,10H2,(H,21,23)(H,24,25)(H,26,27);3-6,11-12,16H,2,7-8,15H2,1H3;5-8H,1-4H3;1H4/t15-,16-;11-,12-;;/m11../s1. The van der Waals surface area contributed by atoms with E-state index in [2.05, 4.69) is 21.2 Å². The Kier molecular flexibility index (Phi) is 21.8. The highest BCUT2D eigenvalue weighted by Crippen LogP contribution is 2.36. The maximum Gasteiger partial charge on any atom is 0.494 e. The van der Waals surface area contributed by atoms with Gasteiger partial charge in [-0.1, -0.05) is 107 Å². The normalized spacial score (nSPS) is 15.4. The Morgan fingerprint density at radius 1 is 0.774 bits per heavy atom. The fourth-order valence-electron chi connectivity index (χ4n) is 5.86. The van der Waals surface area contributed by atoms with Crippen molar-refractivity contribution < 1.29 is 53.6 Å². The number of aliphatic hydroxyl groups is 2. The molecule has 1 aliphatic heterocycles. The molecule has 0 spiro atoms. The molecule has 1 fully saturated rings. The molecule has 1 amide bonds. The van der Waals surface area contributed by atoms with Crippen LogP contribution < -0.4 is 16.5 Å². The van der Waals surface area contributed by atoms with Crippen molar-refractivity contribution in [2.24, 2.45) is 5.73 Å². The van der Waals surface area contributed by atoms with Crippen LogP contribution in [0, 0.1) is 0 Å².